The summed E-state index contributed by atoms with van der Waals surface area (Å²) in [5.41, 5.74) is 0.641. The van der Waals surface area contributed by atoms with Crippen LogP contribution in [0.15, 0.2) is 28.9 Å². The van der Waals surface area contributed by atoms with E-state index in [0.29, 0.717) is 30.4 Å². The van der Waals surface area contributed by atoms with E-state index in [0.717, 1.165) is 19.3 Å². The average molecular weight is 316 g/mol. The van der Waals surface area contributed by atoms with Crippen LogP contribution in [0.5, 0.6) is 0 Å². The third-order valence-corrected chi connectivity index (χ3v) is 4.11. The number of pyridine rings is 1. The fourth-order valence-corrected chi connectivity index (χ4v) is 2.76. The molecule has 0 aromatic carbocycles. The molecule has 23 heavy (non-hydrogen) atoms. The summed E-state index contributed by atoms with van der Waals surface area (Å²) in [6.45, 7) is 0.531. The van der Waals surface area contributed by atoms with Crippen molar-refractivity contribution in [3.8, 4) is 11.5 Å². The fourth-order valence-electron chi connectivity index (χ4n) is 2.76. The Bertz CT molecular complexity index is 644. The van der Waals surface area contributed by atoms with Crippen molar-refractivity contribution in [2.45, 2.75) is 38.2 Å². The number of nitrogens with one attached hydrogen (secondary N) is 1. The monoisotopic (exact) mass is 316 g/mol. The maximum atomic E-state index is 11.9. The molecule has 0 spiro atoms. The lowest BCUT2D eigenvalue weighted by molar-refractivity contribution is -0.121. The molecule has 2 unspecified atom stereocenters. The first-order valence-electron chi connectivity index (χ1n) is 7.91. The molecular formula is C16H20N4O3. The van der Waals surface area contributed by atoms with Crippen LogP contribution in [0.3, 0.4) is 0 Å². The minimum absolute atomic E-state index is 0.0679. The quantitative estimate of drug-likeness (QED) is 0.834. The second kappa shape index (κ2) is 7.32. The molecule has 2 atom stereocenters. The van der Waals surface area contributed by atoms with Crippen LogP contribution in [0, 0.1) is 5.92 Å². The molecule has 2 N–H and O–H groups in total. The molecule has 0 saturated heterocycles. The van der Waals surface area contributed by atoms with Crippen LogP contribution in [-0.2, 0) is 11.2 Å². The first-order chi connectivity index (χ1) is 11.2. The van der Waals surface area contributed by atoms with E-state index in [1.807, 2.05) is 12.1 Å². The highest BCUT2D eigenvalue weighted by molar-refractivity contribution is 5.76. The molecule has 1 aliphatic rings. The van der Waals surface area contributed by atoms with E-state index < -0.39 is 0 Å². The van der Waals surface area contributed by atoms with Gasteiger partial charge in [0, 0.05) is 31.5 Å². The molecule has 3 rings (SSSR count). The molecule has 1 amide bonds. The summed E-state index contributed by atoms with van der Waals surface area (Å²) in [5, 5.41) is 16.5. The van der Waals surface area contributed by atoms with E-state index in [2.05, 4.69) is 20.4 Å². The van der Waals surface area contributed by atoms with Gasteiger partial charge in [0.25, 0.3) is 0 Å². The van der Waals surface area contributed by atoms with Crippen molar-refractivity contribution in [3.63, 3.8) is 0 Å². The van der Waals surface area contributed by atoms with Gasteiger partial charge in [0.05, 0.1) is 6.10 Å². The van der Waals surface area contributed by atoms with E-state index in [-0.39, 0.29) is 24.3 Å². The van der Waals surface area contributed by atoms with Crippen LogP contribution in [-0.4, -0.2) is 38.8 Å². The summed E-state index contributed by atoms with van der Waals surface area (Å²) in [4.78, 5) is 20.3. The number of aliphatic hydroxyl groups excluding tert-OH is 1. The van der Waals surface area contributed by atoms with E-state index in [9.17, 15) is 9.90 Å². The van der Waals surface area contributed by atoms with E-state index in [1.165, 1.54) is 0 Å². The average Bonchev–Trinajstić information content (AvgIpc) is 3.21. The molecule has 7 heteroatoms. The fraction of sp³-hybridized carbons (Fsp3) is 0.500. The molecule has 0 radical (unpaired) electrons. The van der Waals surface area contributed by atoms with Gasteiger partial charge in [-0.15, -0.1) is 0 Å². The normalized spacial score (nSPS) is 20.6. The third kappa shape index (κ3) is 4.13. The van der Waals surface area contributed by atoms with Crippen molar-refractivity contribution < 1.29 is 14.4 Å². The van der Waals surface area contributed by atoms with Gasteiger partial charge in [-0.25, -0.2) is 0 Å². The van der Waals surface area contributed by atoms with Crippen LogP contribution in [0.4, 0.5) is 0 Å². The molecular weight excluding hydrogens is 296 g/mol. The van der Waals surface area contributed by atoms with Crippen LogP contribution < -0.4 is 5.32 Å². The molecule has 1 aliphatic carbocycles. The number of rotatable bonds is 6. The summed E-state index contributed by atoms with van der Waals surface area (Å²) in [6.07, 6.45) is 4.88. The molecule has 2 heterocycles. The van der Waals surface area contributed by atoms with Gasteiger partial charge in [-0.05, 0) is 25.0 Å². The summed E-state index contributed by atoms with van der Waals surface area (Å²) < 4.78 is 5.14. The molecule has 1 fully saturated rings. The maximum absolute atomic E-state index is 11.9. The van der Waals surface area contributed by atoms with Gasteiger partial charge >= 0.3 is 0 Å². The van der Waals surface area contributed by atoms with Crippen LogP contribution in [0.1, 0.15) is 31.6 Å². The van der Waals surface area contributed by atoms with Crippen LogP contribution >= 0.6 is 0 Å². The standard InChI is InChI=1S/C16H20N4O3/c21-13-6-3-4-11(13)10-18-14(22)7-8-15-19-16(20-23-15)12-5-1-2-9-17-12/h1-2,5,9,11,13,21H,3-4,6-8,10H2,(H,18,22). The molecule has 2 aromatic heterocycles. The number of aromatic nitrogens is 3. The second-order valence-electron chi connectivity index (χ2n) is 5.79. The van der Waals surface area contributed by atoms with Crippen molar-refractivity contribution in [2.75, 3.05) is 6.54 Å². The Morgan fingerprint density at radius 3 is 3.04 bits per heavy atom. The predicted molar refractivity (Wildman–Crippen MR) is 82.2 cm³/mol. The van der Waals surface area contributed by atoms with Gasteiger partial charge in [-0.3, -0.25) is 9.78 Å². The van der Waals surface area contributed by atoms with Crippen molar-refractivity contribution in [2.24, 2.45) is 5.92 Å². The number of amides is 1. The predicted octanol–water partition coefficient (Wildman–Crippen LogP) is 1.34. The van der Waals surface area contributed by atoms with Gasteiger partial charge in [0.15, 0.2) is 0 Å². The van der Waals surface area contributed by atoms with Gasteiger partial charge < -0.3 is 14.9 Å². The first-order valence-corrected chi connectivity index (χ1v) is 7.91. The number of nitrogens with zero attached hydrogens (tertiary/aromatic N) is 3. The Labute approximate surface area is 134 Å². The van der Waals surface area contributed by atoms with Gasteiger partial charge in [-0.1, -0.05) is 17.6 Å². The number of carbonyl (C=O) groups is 1. The Balaban J connectivity index is 1.45. The second-order valence-corrected chi connectivity index (χ2v) is 5.79. The largest absolute Gasteiger partial charge is 0.393 e. The van der Waals surface area contributed by atoms with Crippen molar-refractivity contribution in [1.82, 2.24) is 20.4 Å². The zero-order chi connectivity index (χ0) is 16.1. The molecule has 2 aromatic rings. The topological polar surface area (TPSA) is 101 Å². The number of hydrogen-bond donors (Lipinski definition) is 2. The summed E-state index contributed by atoms with van der Waals surface area (Å²) in [5.74, 6) is 0.955. The lowest BCUT2D eigenvalue weighted by atomic mass is 10.1. The van der Waals surface area contributed by atoms with Crippen LogP contribution in [0.2, 0.25) is 0 Å². The Kier molecular flexibility index (Phi) is 4.97. The summed E-state index contributed by atoms with van der Waals surface area (Å²) in [7, 11) is 0. The highest BCUT2D eigenvalue weighted by atomic mass is 16.5. The zero-order valence-electron chi connectivity index (χ0n) is 12.8. The third-order valence-electron chi connectivity index (χ3n) is 4.11. The summed E-state index contributed by atoms with van der Waals surface area (Å²) >= 11 is 0. The SMILES string of the molecule is O=C(CCc1nc(-c2ccccn2)no1)NCC1CCCC1O. The Morgan fingerprint density at radius 2 is 2.30 bits per heavy atom. The van der Waals surface area contributed by atoms with Crippen molar-refractivity contribution >= 4 is 5.91 Å². The minimum Gasteiger partial charge on any atom is -0.393 e. The van der Waals surface area contributed by atoms with E-state index in [1.54, 1.807) is 12.3 Å². The Morgan fingerprint density at radius 1 is 1.39 bits per heavy atom. The van der Waals surface area contributed by atoms with Crippen molar-refractivity contribution in [1.29, 1.82) is 0 Å². The Hall–Kier alpha value is -2.28. The number of hydrogen-bond acceptors (Lipinski definition) is 6. The molecule has 0 bridgehead atoms. The van der Waals surface area contributed by atoms with Gasteiger partial charge in [0.1, 0.15) is 5.69 Å². The number of aliphatic hydroxyl groups is 1. The first kappa shape index (κ1) is 15.6. The van der Waals surface area contributed by atoms with E-state index >= 15 is 0 Å². The summed E-state index contributed by atoms with van der Waals surface area (Å²) in [6, 6.07) is 5.47. The van der Waals surface area contributed by atoms with Crippen LogP contribution in [0.25, 0.3) is 11.5 Å². The highest BCUT2D eigenvalue weighted by Gasteiger charge is 2.25. The maximum Gasteiger partial charge on any atom is 0.227 e. The number of aryl methyl sites for hydroxylation is 1. The number of carbonyl (C=O) groups excluding carboxylic acids is 1. The lowest BCUT2D eigenvalue weighted by Crippen LogP contribution is -2.32. The molecule has 0 aliphatic heterocycles. The lowest BCUT2D eigenvalue weighted by Gasteiger charge is -2.14. The van der Waals surface area contributed by atoms with Crippen molar-refractivity contribution in [3.05, 3.63) is 30.3 Å². The molecule has 7 nitrogen and oxygen atoms in total. The minimum atomic E-state index is -0.285. The molecule has 122 valence electrons. The zero-order valence-corrected chi connectivity index (χ0v) is 12.8. The molecule has 1 saturated carbocycles. The highest BCUT2D eigenvalue weighted by Crippen LogP contribution is 2.24. The van der Waals surface area contributed by atoms with Gasteiger partial charge in [-0.2, -0.15) is 4.98 Å². The van der Waals surface area contributed by atoms with Gasteiger partial charge in [0.2, 0.25) is 17.6 Å². The smallest absolute Gasteiger partial charge is 0.227 e. The van der Waals surface area contributed by atoms with E-state index in [4.69, 9.17) is 4.52 Å².